The molecular weight excluding hydrogens is 298 g/mol. The van der Waals surface area contributed by atoms with Gasteiger partial charge >= 0.3 is 5.97 Å². The van der Waals surface area contributed by atoms with E-state index in [1.54, 1.807) is 12.1 Å². The van der Waals surface area contributed by atoms with Crippen LogP contribution in [0.25, 0.3) is 0 Å². The molecule has 0 spiro atoms. The predicted molar refractivity (Wildman–Crippen MR) is 73.6 cm³/mol. The largest absolute Gasteiger partial charge is 0.478 e. The fourth-order valence-corrected chi connectivity index (χ4v) is 2.35. The van der Waals surface area contributed by atoms with Crippen LogP contribution in [0.15, 0.2) is 24.3 Å². The highest BCUT2D eigenvalue weighted by Gasteiger charge is 2.46. The number of hydrogen-bond acceptors (Lipinski definition) is 6. The highest BCUT2D eigenvalue weighted by molar-refractivity contribution is 8.15. The standard InChI is InChI=1S/C12H11N3O5S/c1-12(10(18)19,21-11(13)14)20-15-8(16)6-4-2-3-5-7(6)9(15)17/h2-5H,1H3,(H3,13,14)(H,18,19). The van der Waals surface area contributed by atoms with Gasteiger partial charge in [0.25, 0.3) is 11.8 Å². The number of aliphatic carboxylic acids is 1. The maximum absolute atomic E-state index is 12.1. The number of carbonyl (C=O) groups is 3. The van der Waals surface area contributed by atoms with Crippen LogP contribution >= 0.6 is 11.8 Å². The summed E-state index contributed by atoms with van der Waals surface area (Å²) in [7, 11) is 0. The molecule has 21 heavy (non-hydrogen) atoms. The average molecular weight is 309 g/mol. The highest BCUT2D eigenvalue weighted by atomic mass is 32.2. The van der Waals surface area contributed by atoms with Crippen LogP contribution < -0.4 is 5.73 Å². The van der Waals surface area contributed by atoms with E-state index in [1.165, 1.54) is 12.1 Å². The molecular formula is C12H11N3O5S. The number of nitrogens with zero attached hydrogens (tertiary/aromatic N) is 1. The molecule has 1 unspecified atom stereocenters. The van der Waals surface area contributed by atoms with Crippen LogP contribution in [-0.4, -0.2) is 38.1 Å². The third-order valence-electron chi connectivity index (χ3n) is 2.72. The van der Waals surface area contributed by atoms with Crippen molar-refractivity contribution >= 4 is 34.7 Å². The molecule has 0 radical (unpaired) electrons. The van der Waals surface area contributed by atoms with Gasteiger partial charge in [-0.05, 0) is 30.8 Å². The second kappa shape index (κ2) is 5.19. The highest BCUT2D eigenvalue weighted by Crippen LogP contribution is 2.32. The van der Waals surface area contributed by atoms with Gasteiger partial charge in [-0.3, -0.25) is 15.0 Å². The normalized spacial score (nSPS) is 16.5. The number of carbonyl (C=O) groups excluding carboxylic acids is 2. The Morgan fingerprint density at radius 2 is 1.81 bits per heavy atom. The van der Waals surface area contributed by atoms with Crippen molar-refractivity contribution in [3.8, 4) is 0 Å². The minimum Gasteiger partial charge on any atom is -0.478 e. The van der Waals surface area contributed by atoms with Gasteiger partial charge in [0.2, 0.25) is 4.93 Å². The van der Waals surface area contributed by atoms with E-state index < -0.39 is 27.9 Å². The van der Waals surface area contributed by atoms with E-state index in [4.69, 9.17) is 16.0 Å². The van der Waals surface area contributed by atoms with Crippen LogP contribution in [0.5, 0.6) is 0 Å². The van der Waals surface area contributed by atoms with Gasteiger partial charge < -0.3 is 10.8 Å². The maximum atomic E-state index is 12.1. The van der Waals surface area contributed by atoms with E-state index in [0.717, 1.165) is 6.92 Å². The molecule has 1 heterocycles. The Labute approximate surface area is 123 Å². The molecule has 4 N–H and O–H groups in total. The second-order valence-corrected chi connectivity index (χ2v) is 5.68. The number of amidine groups is 1. The average Bonchev–Trinajstić information content (AvgIpc) is 2.63. The molecule has 0 fully saturated rings. The number of imide groups is 1. The molecule has 2 rings (SSSR count). The van der Waals surface area contributed by atoms with Crippen molar-refractivity contribution in [1.82, 2.24) is 5.06 Å². The molecule has 1 aromatic carbocycles. The summed E-state index contributed by atoms with van der Waals surface area (Å²) in [4.78, 5) is 38.4. The zero-order valence-corrected chi connectivity index (χ0v) is 11.6. The van der Waals surface area contributed by atoms with Gasteiger partial charge in [-0.25, -0.2) is 9.63 Å². The van der Waals surface area contributed by atoms with Crippen LogP contribution in [-0.2, 0) is 9.63 Å². The number of thioether (sulfide) groups is 1. The number of nitrogens with two attached hydrogens (primary N) is 1. The minimum atomic E-state index is -2.07. The van der Waals surface area contributed by atoms with Gasteiger partial charge in [0.05, 0.1) is 11.1 Å². The van der Waals surface area contributed by atoms with Crippen molar-refractivity contribution in [2.45, 2.75) is 11.9 Å². The number of rotatable bonds is 4. The van der Waals surface area contributed by atoms with Crippen LogP contribution in [0.4, 0.5) is 0 Å². The first-order valence-corrected chi connectivity index (χ1v) is 6.51. The fraction of sp³-hybridized carbons (Fsp3) is 0.167. The van der Waals surface area contributed by atoms with E-state index in [2.05, 4.69) is 0 Å². The van der Waals surface area contributed by atoms with Crippen LogP contribution in [0, 0.1) is 5.41 Å². The SMILES string of the molecule is CC(ON1C(=O)c2ccccc2C1=O)(SC(=N)N)C(=O)O. The zero-order chi connectivity index (χ0) is 15.8. The molecule has 0 aliphatic carbocycles. The van der Waals surface area contributed by atoms with Gasteiger partial charge in [-0.1, -0.05) is 12.1 Å². The summed E-state index contributed by atoms with van der Waals surface area (Å²) in [6, 6.07) is 6.03. The molecule has 0 saturated heterocycles. The molecule has 1 aliphatic rings. The van der Waals surface area contributed by atoms with Crippen LogP contribution in [0.1, 0.15) is 27.6 Å². The van der Waals surface area contributed by atoms with Gasteiger partial charge in [-0.15, -0.1) is 5.06 Å². The molecule has 8 nitrogen and oxygen atoms in total. The van der Waals surface area contributed by atoms with E-state index in [1.807, 2.05) is 0 Å². The molecule has 0 bridgehead atoms. The molecule has 9 heteroatoms. The number of fused-ring (bicyclic) bond motifs is 1. The number of hydroxylamine groups is 2. The number of carboxylic acid groups (broad SMARTS) is 1. The van der Waals surface area contributed by atoms with Crippen LogP contribution in [0.3, 0.4) is 0 Å². The Morgan fingerprint density at radius 3 is 2.19 bits per heavy atom. The third-order valence-corrected chi connectivity index (χ3v) is 3.57. The van der Waals surface area contributed by atoms with Crippen molar-refractivity contribution in [2.75, 3.05) is 0 Å². The smallest absolute Gasteiger partial charge is 0.349 e. The molecule has 1 aliphatic heterocycles. The fourth-order valence-electron chi connectivity index (χ4n) is 1.74. The maximum Gasteiger partial charge on any atom is 0.349 e. The van der Waals surface area contributed by atoms with Crippen molar-refractivity contribution in [2.24, 2.45) is 5.73 Å². The minimum absolute atomic E-state index is 0.128. The van der Waals surface area contributed by atoms with Crippen molar-refractivity contribution in [3.05, 3.63) is 35.4 Å². The van der Waals surface area contributed by atoms with Crippen molar-refractivity contribution < 1.29 is 24.3 Å². The quantitative estimate of drug-likeness (QED) is 0.321. The Balaban J connectivity index is 2.32. The van der Waals surface area contributed by atoms with E-state index in [9.17, 15) is 19.5 Å². The third kappa shape index (κ3) is 2.60. The molecule has 0 saturated carbocycles. The van der Waals surface area contributed by atoms with Crippen molar-refractivity contribution in [3.63, 3.8) is 0 Å². The molecule has 1 atom stereocenters. The van der Waals surface area contributed by atoms with Crippen LogP contribution in [0.2, 0.25) is 0 Å². The Hall–Kier alpha value is -2.39. The lowest BCUT2D eigenvalue weighted by molar-refractivity contribution is -0.179. The molecule has 0 aromatic heterocycles. The number of benzene rings is 1. The first-order chi connectivity index (χ1) is 9.76. The predicted octanol–water partition coefficient (Wildman–Crippen LogP) is 0.642. The monoisotopic (exact) mass is 309 g/mol. The summed E-state index contributed by atoms with van der Waals surface area (Å²) in [6.45, 7) is 1.10. The summed E-state index contributed by atoms with van der Waals surface area (Å²) in [5.41, 5.74) is 5.41. The summed E-state index contributed by atoms with van der Waals surface area (Å²) < 4.78 is 0. The van der Waals surface area contributed by atoms with E-state index in [0.29, 0.717) is 16.8 Å². The topological polar surface area (TPSA) is 134 Å². The first kappa shape index (κ1) is 15.0. The van der Waals surface area contributed by atoms with E-state index >= 15 is 0 Å². The Kier molecular flexibility index (Phi) is 3.71. The molecule has 110 valence electrons. The second-order valence-electron chi connectivity index (χ2n) is 4.26. The molecule has 2 amide bonds. The summed E-state index contributed by atoms with van der Waals surface area (Å²) in [5.74, 6) is -2.99. The van der Waals surface area contributed by atoms with Gasteiger partial charge in [0, 0.05) is 0 Å². The Morgan fingerprint density at radius 1 is 1.33 bits per heavy atom. The van der Waals surface area contributed by atoms with E-state index in [-0.39, 0.29) is 11.1 Å². The zero-order valence-electron chi connectivity index (χ0n) is 10.8. The lowest BCUT2D eigenvalue weighted by Crippen LogP contribution is -2.45. The summed E-state index contributed by atoms with van der Waals surface area (Å²) in [6.07, 6.45) is 0. The number of carboxylic acids is 1. The summed E-state index contributed by atoms with van der Waals surface area (Å²) >= 11 is 0.373. The lowest BCUT2D eigenvalue weighted by atomic mass is 10.1. The first-order valence-electron chi connectivity index (χ1n) is 5.69. The van der Waals surface area contributed by atoms with Gasteiger partial charge in [0.1, 0.15) is 0 Å². The number of nitrogens with one attached hydrogen (secondary N) is 1. The number of hydrogen-bond donors (Lipinski definition) is 3. The lowest BCUT2D eigenvalue weighted by Gasteiger charge is -2.26. The molecule has 1 aromatic rings. The number of amides is 2. The summed E-state index contributed by atoms with van der Waals surface area (Å²) in [5, 5.41) is 16.2. The van der Waals surface area contributed by atoms with Crippen molar-refractivity contribution in [1.29, 1.82) is 5.41 Å². The van der Waals surface area contributed by atoms with Gasteiger partial charge in [-0.2, -0.15) is 0 Å². The Bertz CT molecular complexity index is 627. The van der Waals surface area contributed by atoms with Gasteiger partial charge in [0.15, 0.2) is 5.17 Å².